The Morgan fingerprint density at radius 2 is 1.84 bits per heavy atom. The maximum Gasteiger partial charge on any atom is 0.417 e. The first-order valence-electron chi connectivity index (χ1n) is 18.3. The predicted octanol–water partition coefficient (Wildman–Crippen LogP) is 8.56. The number of likely N-dealkylation sites (tertiary alicyclic amines) is 1. The second kappa shape index (κ2) is 18.4. The van der Waals surface area contributed by atoms with Crippen LogP contribution in [0.25, 0.3) is 32.1 Å². The molecular weight excluding hydrogens is 787 g/mol. The number of alkyl halides is 6. The molecule has 4 aliphatic rings. The number of nitrogens with one attached hydrogen (secondary N) is 1. The third-order valence-electron chi connectivity index (χ3n) is 9.95. The molecule has 3 N–H and O–H groups in total. The van der Waals surface area contributed by atoms with Crippen molar-refractivity contribution in [3.05, 3.63) is 41.0 Å². The van der Waals surface area contributed by atoms with E-state index in [1.54, 1.807) is 20.1 Å². The third-order valence-corrected chi connectivity index (χ3v) is 11.0. The van der Waals surface area contributed by atoms with Crippen LogP contribution in [0.2, 0.25) is 0 Å². The van der Waals surface area contributed by atoms with E-state index < -0.39 is 46.5 Å². The number of hydrogen-bond donors (Lipinski definition) is 2. The van der Waals surface area contributed by atoms with Gasteiger partial charge in [0.15, 0.2) is 5.82 Å². The molecule has 3 aliphatic heterocycles. The zero-order valence-electron chi connectivity index (χ0n) is 31.5. The smallest absolute Gasteiger partial charge is 0.417 e. The van der Waals surface area contributed by atoms with E-state index >= 15 is 4.39 Å². The molecule has 19 heteroatoms. The monoisotopic (exact) mass is 829 g/mol. The van der Waals surface area contributed by atoms with Crippen molar-refractivity contribution < 1.29 is 49.4 Å². The molecule has 4 aromatic rings. The van der Waals surface area contributed by atoms with Gasteiger partial charge in [0.05, 0.1) is 35.6 Å². The molecule has 0 spiro atoms. The number of carbonyl (C=O) groups excluding carboxylic acids is 1. The molecule has 5 heterocycles. The molecule has 1 aliphatic carbocycles. The number of halogens is 8. The molecule has 3 unspecified atom stereocenters. The van der Waals surface area contributed by atoms with Crippen molar-refractivity contribution in [2.24, 2.45) is 0 Å². The first-order chi connectivity index (χ1) is 27.1. The summed E-state index contributed by atoms with van der Waals surface area (Å²) in [6.45, 7) is 5.42. The maximum absolute atomic E-state index is 15.9. The number of fused-ring (bicyclic) bond motifs is 3. The van der Waals surface area contributed by atoms with E-state index in [0.29, 0.717) is 36.6 Å². The van der Waals surface area contributed by atoms with Crippen LogP contribution in [0, 0.1) is 23.0 Å². The summed E-state index contributed by atoms with van der Waals surface area (Å²) in [5.41, 5.74) is 2.59. The van der Waals surface area contributed by atoms with E-state index in [-0.39, 0.29) is 62.8 Å². The van der Waals surface area contributed by atoms with Gasteiger partial charge in [-0.25, -0.2) is 22.0 Å². The number of nitrogen functional groups attached to an aromatic ring is 1. The SMILES string of the molecule is CCNc1nc(OC)nc2c(F)c(-c3ccc(F)c4sc(N)c(C#N)c34)c(C(F)(F)F)cc12.COCC1CCCN1C=O.FC1(F)CC1.FC1CC2CCCN2C1. The van der Waals surface area contributed by atoms with Gasteiger partial charge in [-0.1, -0.05) is 6.07 Å². The second-order valence-electron chi connectivity index (χ2n) is 13.9. The van der Waals surface area contributed by atoms with Crippen molar-refractivity contribution in [1.29, 1.82) is 5.26 Å². The maximum atomic E-state index is 15.9. The van der Waals surface area contributed by atoms with Crippen LogP contribution in [-0.4, -0.2) is 97.4 Å². The Kier molecular flexibility index (Phi) is 14.0. The van der Waals surface area contributed by atoms with Crippen LogP contribution in [-0.2, 0) is 15.7 Å². The van der Waals surface area contributed by atoms with Gasteiger partial charge in [-0.05, 0) is 63.3 Å². The van der Waals surface area contributed by atoms with Crippen molar-refractivity contribution in [3.8, 4) is 23.2 Å². The molecule has 10 nitrogen and oxygen atoms in total. The zero-order valence-corrected chi connectivity index (χ0v) is 32.3. The number of hydrogen-bond acceptors (Lipinski definition) is 10. The first kappa shape index (κ1) is 43.6. The van der Waals surface area contributed by atoms with E-state index in [9.17, 15) is 40.8 Å². The topological polar surface area (TPSA) is 130 Å². The fraction of sp³-hybridized carbons (Fsp3) is 0.526. The number of benzene rings is 2. The van der Waals surface area contributed by atoms with Crippen LogP contribution in [0.5, 0.6) is 6.01 Å². The minimum absolute atomic E-state index is 0.0444. The minimum Gasteiger partial charge on any atom is -0.467 e. The number of aromatic nitrogens is 2. The highest BCUT2D eigenvalue weighted by Crippen LogP contribution is 2.48. The Bertz CT molecular complexity index is 2080. The van der Waals surface area contributed by atoms with E-state index in [4.69, 9.17) is 15.2 Å². The van der Waals surface area contributed by atoms with Crippen LogP contribution in [0.15, 0.2) is 18.2 Å². The van der Waals surface area contributed by atoms with Gasteiger partial charge < -0.3 is 25.4 Å². The van der Waals surface area contributed by atoms with Gasteiger partial charge in [0.2, 0.25) is 12.3 Å². The van der Waals surface area contributed by atoms with Gasteiger partial charge in [-0.15, -0.1) is 11.3 Å². The summed E-state index contributed by atoms with van der Waals surface area (Å²) in [5, 5.41) is 11.8. The van der Waals surface area contributed by atoms with Crippen LogP contribution < -0.4 is 15.8 Å². The summed E-state index contributed by atoms with van der Waals surface area (Å²) < 4.78 is 117. The Hall–Kier alpha value is -4.54. The van der Waals surface area contributed by atoms with Crippen molar-refractivity contribution in [1.82, 2.24) is 19.8 Å². The number of carbonyl (C=O) groups is 1. The molecule has 310 valence electrons. The Balaban J connectivity index is 0.000000205. The fourth-order valence-electron chi connectivity index (χ4n) is 7.08. The van der Waals surface area contributed by atoms with Crippen molar-refractivity contribution in [2.45, 2.75) is 82.2 Å². The number of nitriles is 1. The molecule has 3 saturated heterocycles. The zero-order chi connectivity index (χ0) is 41.7. The lowest BCUT2D eigenvalue weighted by Gasteiger charge is -2.18. The molecular formula is C38H43F8N7O3S. The molecule has 2 aromatic carbocycles. The van der Waals surface area contributed by atoms with Gasteiger partial charge in [0, 0.05) is 62.0 Å². The number of nitrogens with zero attached hydrogens (tertiary/aromatic N) is 5. The summed E-state index contributed by atoms with van der Waals surface area (Å²) in [6.07, 6.45) is 1.17. The van der Waals surface area contributed by atoms with Gasteiger partial charge in [0.1, 0.15) is 34.4 Å². The lowest BCUT2D eigenvalue weighted by Crippen LogP contribution is -2.31. The standard InChI is InChI=1S/C21H14F5N5OS.C7H12FN.C7H13NO2.C3H4F2/c1-3-29-19-9-6-11(21(24,25)26)14(15(23)16(9)30-20(31-19)32-2)8-4-5-12(22)17-13(8)10(7-27)18(28)33-17;8-6-4-7-2-1-3-9(7)5-6;1-10-5-7-3-2-4-8(7)6-9;4-3(5)1-2-3/h4-6H,3,28H2,1-2H3,(H,29,30,31);6-7H,1-5H2;6-7H,2-5H2,1H3;1-2H2. The molecule has 4 fully saturated rings. The molecule has 8 rings (SSSR count). The minimum atomic E-state index is -5.00. The number of rotatable bonds is 7. The summed E-state index contributed by atoms with van der Waals surface area (Å²) >= 11 is 0.698. The quantitative estimate of drug-likeness (QED) is 0.139. The van der Waals surface area contributed by atoms with Crippen molar-refractivity contribution in [2.75, 3.05) is 58.1 Å². The molecule has 1 saturated carbocycles. The highest BCUT2D eigenvalue weighted by atomic mass is 32.1. The first-order valence-corrected chi connectivity index (χ1v) is 19.1. The van der Waals surface area contributed by atoms with Crippen LogP contribution in [0.4, 0.5) is 45.9 Å². The normalized spacial score (nSPS) is 20.7. The number of thiophene rings is 1. The van der Waals surface area contributed by atoms with Crippen LogP contribution in [0.1, 0.15) is 63.0 Å². The number of ether oxygens (including phenoxy) is 2. The molecule has 57 heavy (non-hydrogen) atoms. The largest absolute Gasteiger partial charge is 0.467 e. The van der Waals surface area contributed by atoms with Gasteiger partial charge in [-0.3, -0.25) is 9.69 Å². The number of nitrogens with two attached hydrogens (primary N) is 1. The van der Waals surface area contributed by atoms with E-state index in [1.807, 2.05) is 4.90 Å². The Morgan fingerprint density at radius 1 is 1.14 bits per heavy atom. The highest BCUT2D eigenvalue weighted by molar-refractivity contribution is 7.23. The fourth-order valence-corrected chi connectivity index (χ4v) is 8.03. The third kappa shape index (κ3) is 10.1. The lowest BCUT2D eigenvalue weighted by atomic mass is 9.92. The summed E-state index contributed by atoms with van der Waals surface area (Å²) in [5.74, 6) is -4.40. The number of methoxy groups -OCH3 is 2. The summed E-state index contributed by atoms with van der Waals surface area (Å²) in [6, 6.07) is 5.09. The molecule has 1 amide bonds. The van der Waals surface area contributed by atoms with E-state index in [0.717, 1.165) is 57.0 Å². The molecule has 3 atom stereocenters. The van der Waals surface area contributed by atoms with Crippen LogP contribution in [0.3, 0.4) is 0 Å². The summed E-state index contributed by atoms with van der Waals surface area (Å²) in [7, 11) is 2.90. The molecule has 2 aromatic heterocycles. The highest BCUT2D eigenvalue weighted by Gasteiger charge is 2.43. The van der Waals surface area contributed by atoms with E-state index in [1.165, 1.54) is 20.0 Å². The average molecular weight is 830 g/mol. The van der Waals surface area contributed by atoms with Crippen molar-refractivity contribution >= 4 is 49.6 Å². The Morgan fingerprint density at radius 3 is 2.42 bits per heavy atom. The van der Waals surface area contributed by atoms with Gasteiger partial charge >= 0.3 is 12.2 Å². The van der Waals surface area contributed by atoms with Gasteiger partial charge in [0.25, 0.3) is 0 Å². The molecule has 0 bridgehead atoms. The van der Waals surface area contributed by atoms with Gasteiger partial charge in [-0.2, -0.15) is 28.4 Å². The molecule has 0 radical (unpaired) electrons. The van der Waals surface area contributed by atoms with Crippen molar-refractivity contribution in [3.63, 3.8) is 0 Å². The predicted molar refractivity (Wildman–Crippen MR) is 201 cm³/mol. The second-order valence-corrected chi connectivity index (χ2v) is 15.0. The van der Waals surface area contributed by atoms with E-state index in [2.05, 4.69) is 20.2 Å². The number of amides is 1. The Labute approximate surface area is 327 Å². The number of anilines is 2. The average Bonchev–Trinajstić information content (AvgIpc) is 3.61. The van der Waals surface area contributed by atoms with Crippen LogP contribution >= 0.6 is 11.3 Å². The lowest BCUT2D eigenvalue weighted by molar-refractivity contribution is -0.137. The summed E-state index contributed by atoms with van der Waals surface area (Å²) in [4.78, 5) is 22.4.